The van der Waals surface area contributed by atoms with E-state index in [2.05, 4.69) is 10.6 Å². The van der Waals surface area contributed by atoms with Gasteiger partial charge in [-0.2, -0.15) is 0 Å². The number of hydrogen-bond acceptors (Lipinski definition) is 5. The lowest BCUT2D eigenvalue weighted by Crippen LogP contribution is -2.54. The summed E-state index contributed by atoms with van der Waals surface area (Å²) >= 11 is 0. The standard InChI is InChI=1S/C20H24N4O4/c21-10-11-24-17(12-25)19(28-13-18(24)26)14-6-8-16(9-7-14)23-20(27)22-15-4-2-1-3-5-15/h1-9,17,19,25H,10-13,21H2,(H2,22,23,27)/t17-,19-/m1/s1. The van der Waals surface area contributed by atoms with Crippen LogP contribution < -0.4 is 16.4 Å². The molecule has 8 nitrogen and oxygen atoms in total. The van der Waals surface area contributed by atoms with Crippen molar-refractivity contribution in [3.05, 3.63) is 60.2 Å². The number of para-hydroxylation sites is 1. The number of aliphatic hydroxyl groups is 1. The average Bonchev–Trinajstić information content (AvgIpc) is 2.71. The van der Waals surface area contributed by atoms with Crippen molar-refractivity contribution in [1.82, 2.24) is 4.90 Å². The molecule has 1 aliphatic heterocycles. The lowest BCUT2D eigenvalue weighted by Gasteiger charge is -2.40. The van der Waals surface area contributed by atoms with Crippen LogP contribution in [0.3, 0.4) is 0 Å². The second-order valence-electron chi connectivity index (χ2n) is 6.42. The highest BCUT2D eigenvalue weighted by Crippen LogP contribution is 2.29. The van der Waals surface area contributed by atoms with E-state index >= 15 is 0 Å². The molecule has 1 saturated heterocycles. The van der Waals surface area contributed by atoms with Crippen LogP contribution in [-0.2, 0) is 9.53 Å². The summed E-state index contributed by atoms with van der Waals surface area (Å²) < 4.78 is 5.66. The Balaban J connectivity index is 1.66. The Bertz CT molecular complexity index is 798. The molecule has 1 fully saturated rings. The van der Waals surface area contributed by atoms with Gasteiger partial charge in [-0.3, -0.25) is 4.79 Å². The van der Waals surface area contributed by atoms with Crippen molar-refractivity contribution >= 4 is 23.3 Å². The molecule has 3 rings (SSSR count). The van der Waals surface area contributed by atoms with E-state index in [0.29, 0.717) is 24.5 Å². The van der Waals surface area contributed by atoms with E-state index in [4.69, 9.17) is 10.5 Å². The van der Waals surface area contributed by atoms with Gasteiger partial charge in [-0.15, -0.1) is 0 Å². The molecule has 148 valence electrons. The van der Waals surface area contributed by atoms with Gasteiger partial charge in [0.1, 0.15) is 12.7 Å². The van der Waals surface area contributed by atoms with Gasteiger partial charge in [0.2, 0.25) is 5.91 Å². The number of hydrogen-bond donors (Lipinski definition) is 4. The summed E-state index contributed by atoms with van der Waals surface area (Å²) in [5.74, 6) is -0.184. The molecule has 0 bridgehead atoms. The summed E-state index contributed by atoms with van der Waals surface area (Å²) in [6.07, 6.45) is -0.457. The maximum atomic E-state index is 12.1. The normalized spacial score (nSPS) is 19.4. The SMILES string of the molecule is NCCN1C(=O)CO[C@H](c2ccc(NC(=O)Nc3ccccc3)cc2)[C@H]1CO. The second-order valence-corrected chi connectivity index (χ2v) is 6.42. The van der Waals surface area contributed by atoms with Crippen LogP contribution in [0.4, 0.5) is 16.2 Å². The van der Waals surface area contributed by atoms with E-state index in [1.54, 1.807) is 29.2 Å². The van der Waals surface area contributed by atoms with Crippen molar-refractivity contribution < 1.29 is 19.4 Å². The van der Waals surface area contributed by atoms with Crippen LogP contribution in [0, 0.1) is 0 Å². The third-order valence-electron chi connectivity index (χ3n) is 4.54. The Labute approximate surface area is 163 Å². The molecule has 8 heteroatoms. The molecule has 5 N–H and O–H groups in total. The van der Waals surface area contributed by atoms with E-state index in [-0.39, 0.29) is 25.2 Å². The predicted octanol–water partition coefficient (Wildman–Crippen LogP) is 1.55. The third kappa shape index (κ3) is 4.66. The fourth-order valence-corrected chi connectivity index (χ4v) is 3.22. The summed E-state index contributed by atoms with van der Waals surface area (Å²) in [6, 6.07) is 15.4. The van der Waals surface area contributed by atoms with E-state index in [0.717, 1.165) is 5.56 Å². The summed E-state index contributed by atoms with van der Waals surface area (Å²) in [5, 5.41) is 15.3. The first kappa shape index (κ1) is 19.8. The number of carbonyl (C=O) groups excluding carboxylic acids is 2. The fraction of sp³-hybridized carbons (Fsp3) is 0.300. The van der Waals surface area contributed by atoms with Crippen LogP contribution in [0.2, 0.25) is 0 Å². The Morgan fingerprint density at radius 1 is 1.11 bits per heavy atom. The summed E-state index contributed by atoms with van der Waals surface area (Å²) in [4.78, 5) is 25.7. The number of nitrogens with two attached hydrogens (primary N) is 1. The number of amides is 3. The number of aliphatic hydroxyl groups excluding tert-OH is 1. The third-order valence-corrected chi connectivity index (χ3v) is 4.54. The van der Waals surface area contributed by atoms with Gasteiger partial charge in [-0.1, -0.05) is 30.3 Å². The van der Waals surface area contributed by atoms with E-state index in [1.165, 1.54) is 0 Å². The Morgan fingerprint density at radius 3 is 2.36 bits per heavy atom. The van der Waals surface area contributed by atoms with Gasteiger partial charge in [0.05, 0.1) is 12.6 Å². The Hall–Kier alpha value is -2.94. The van der Waals surface area contributed by atoms with Crippen molar-refractivity contribution in [3.8, 4) is 0 Å². The monoisotopic (exact) mass is 384 g/mol. The van der Waals surface area contributed by atoms with Crippen LogP contribution in [0.1, 0.15) is 11.7 Å². The van der Waals surface area contributed by atoms with E-state index in [1.807, 2.05) is 30.3 Å². The molecular formula is C20H24N4O4. The fourth-order valence-electron chi connectivity index (χ4n) is 3.22. The number of benzene rings is 2. The van der Waals surface area contributed by atoms with Crippen LogP contribution in [0.15, 0.2) is 54.6 Å². The van der Waals surface area contributed by atoms with E-state index < -0.39 is 12.1 Å². The first-order valence-electron chi connectivity index (χ1n) is 9.07. The van der Waals surface area contributed by atoms with Gasteiger partial charge < -0.3 is 31.1 Å². The molecular weight excluding hydrogens is 360 g/mol. The average molecular weight is 384 g/mol. The van der Waals surface area contributed by atoms with Crippen LogP contribution in [0.5, 0.6) is 0 Å². The minimum Gasteiger partial charge on any atom is -0.394 e. The highest BCUT2D eigenvalue weighted by Gasteiger charge is 2.36. The van der Waals surface area contributed by atoms with Crippen molar-refractivity contribution in [3.63, 3.8) is 0 Å². The molecule has 0 spiro atoms. The van der Waals surface area contributed by atoms with Crippen LogP contribution in [-0.4, -0.2) is 54.3 Å². The minimum atomic E-state index is -0.495. The number of anilines is 2. The zero-order valence-electron chi connectivity index (χ0n) is 15.4. The van der Waals surface area contributed by atoms with Crippen molar-refractivity contribution in [2.75, 3.05) is 36.9 Å². The predicted molar refractivity (Wildman–Crippen MR) is 106 cm³/mol. The number of ether oxygens (including phenoxy) is 1. The van der Waals surface area contributed by atoms with Crippen LogP contribution >= 0.6 is 0 Å². The first-order chi connectivity index (χ1) is 13.6. The minimum absolute atomic E-state index is 0.0549. The summed E-state index contributed by atoms with van der Waals surface area (Å²) in [6.45, 7) is 0.397. The number of morpholine rings is 1. The summed E-state index contributed by atoms with van der Waals surface area (Å²) in [5.41, 5.74) is 7.70. The lowest BCUT2D eigenvalue weighted by molar-refractivity contribution is -0.160. The van der Waals surface area contributed by atoms with E-state index in [9.17, 15) is 14.7 Å². The van der Waals surface area contributed by atoms with Gasteiger partial charge >= 0.3 is 6.03 Å². The summed E-state index contributed by atoms with van der Waals surface area (Å²) in [7, 11) is 0. The molecule has 0 aromatic heterocycles. The first-order valence-corrected chi connectivity index (χ1v) is 9.07. The molecule has 1 heterocycles. The maximum absolute atomic E-state index is 12.1. The maximum Gasteiger partial charge on any atom is 0.323 e. The highest BCUT2D eigenvalue weighted by atomic mass is 16.5. The van der Waals surface area contributed by atoms with Gasteiger partial charge in [0, 0.05) is 24.5 Å². The topological polar surface area (TPSA) is 117 Å². The zero-order chi connectivity index (χ0) is 19.9. The van der Waals surface area contributed by atoms with Crippen LogP contribution in [0.25, 0.3) is 0 Å². The largest absolute Gasteiger partial charge is 0.394 e. The lowest BCUT2D eigenvalue weighted by atomic mass is 9.99. The molecule has 2 aromatic rings. The quantitative estimate of drug-likeness (QED) is 0.603. The number of carbonyl (C=O) groups is 2. The molecule has 28 heavy (non-hydrogen) atoms. The smallest absolute Gasteiger partial charge is 0.323 e. The molecule has 1 aliphatic rings. The molecule has 2 atom stereocenters. The van der Waals surface area contributed by atoms with Gasteiger partial charge in [-0.05, 0) is 29.8 Å². The highest BCUT2D eigenvalue weighted by molar-refractivity contribution is 5.99. The number of urea groups is 1. The van der Waals surface area contributed by atoms with Gasteiger partial charge in [0.25, 0.3) is 0 Å². The second kappa shape index (κ2) is 9.32. The molecule has 3 amide bonds. The molecule has 0 radical (unpaired) electrons. The Kier molecular flexibility index (Phi) is 6.59. The van der Waals surface area contributed by atoms with Crippen molar-refractivity contribution in [2.24, 2.45) is 5.73 Å². The number of nitrogens with zero attached hydrogens (tertiary/aromatic N) is 1. The zero-order valence-corrected chi connectivity index (χ0v) is 15.4. The molecule has 2 aromatic carbocycles. The van der Waals surface area contributed by atoms with Gasteiger partial charge in [0.15, 0.2) is 0 Å². The van der Waals surface area contributed by atoms with Gasteiger partial charge in [-0.25, -0.2) is 4.79 Å². The Morgan fingerprint density at radius 2 is 1.75 bits per heavy atom. The number of nitrogens with one attached hydrogen (secondary N) is 2. The van der Waals surface area contributed by atoms with Crippen molar-refractivity contribution in [1.29, 1.82) is 0 Å². The molecule has 0 saturated carbocycles. The molecule has 0 aliphatic carbocycles. The number of rotatable bonds is 6. The van der Waals surface area contributed by atoms with Crippen molar-refractivity contribution in [2.45, 2.75) is 12.1 Å². The molecule has 0 unspecified atom stereocenters.